The van der Waals surface area contributed by atoms with Crippen LogP contribution in [-0.4, -0.2) is 37.7 Å². The maximum absolute atomic E-state index is 11.1. The quantitative estimate of drug-likeness (QED) is 0.590. The van der Waals surface area contributed by atoms with Crippen molar-refractivity contribution in [3.05, 3.63) is 95.6 Å². The highest BCUT2D eigenvalue weighted by atomic mass is 16.7. The van der Waals surface area contributed by atoms with Gasteiger partial charge in [-0.05, 0) is 41.5 Å². The molecule has 6 heteroatoms. The summed E-state index contributed by atoms with van der Waals surface area (Å²) in [7, 11) is 1.39. The van der Waals surface area contributed by atoms with E-state index >= 15 is 0 Å². The number of aliphatic carboxylic acids is 1. The van der Waals surface area contributed by atoms with Crippen LogP contribution in [0.25, 0.3) is 5.57 Å². The van der Waals surface area contributed by atoms with Gasteiger partial charge in [0, 0.05) is 24.7 Å². The topological polar surface area (TPSA) is 74.2 Å². The van der Waals surface area contributed by atoms with Crippen LogP contribution in [0.3, 0.4) is 0 Å². The van der Waals surface area contributed by atoms with Crippen LogP contribution in [0, 0.1) is 0 Å². The number of carbonyl (C=O) groups is 1. The zero-order valence-corrected chi connectivity index (χ0v) is 17.7. The first kappa shape index (κ1) is 21.5. The molecule has 1 aliphatic heterocycles. The second-order valence-corrected chi connectivity index (χ2v) is 7.24. The number of fused-ring (bicyclic) bond motifs is 2. The van der Waals surface area contributed by atoms with Gasteiger partial charge in [-0.1, -0.05) is 48.5 Å². The third-order valence-electron chi connectivity index (χ3n) is 5.23. The second-order valence-electron chi connectivity index (χ2n) is 7.24. The molecule has 32 heavy (non-hydrogen) atoms. The van der Waals surface area contributed by atoms with Crippen molar-refractivity contribution >= 4 is 11.5 Å². The molecule has 3 aromatic rings. The molecule has 0 spiro atoms. The molecule has 0 saturated heterocycles. The van der Waals surface area contributed by atoms with Gasteiger partial charge >= 0.3 is 5.97 Å². The number of benzene rings is 3. The van der Waals surface area contributed by atoms with Crippen molar-refractivity contribution in [3.8, 4) is 17.2 Å². The van der Waals surface area contributed by atoms with E-state index in [-0.39, 0.29) is 6.79 Å². The van der Waals surface area contributed by atoms with Gasteiger partial charge in [-0.3, -0.25) is 0 Å². The Kier molecular flexibility index (Phi) is 6.72. The monoisotopic (exact) mass is 432 g/mol. The van der Waals surface area contributed by atoms with Crippen molar-refractivity contribution in [2.45, 2.75) is 12.5 Å². The average molecular weight is 432 g/mol. The van der Waals surface area contributed by atoms with Crippen molar-refractivity contribution in [2.75, 3.05) is 20.5 Å². The summed E-state index contributed by atoms with van der Waals surface area (Å²) < 4.78 is 22.5. The highest BCUT2D eigenvalue weighted by Gasteiger charge is 2.18. The summed E-state index contributed by atoms with van der Waals surface area (Å²) in [5, 5.41) is 9.13. The zero-order valence-electron chi connectivity index (χ0n) is 17.7. The van der Waals surface area contributed by atoms with E-state index in [4.69, 9.17) is 24.1 Å². The molecular weight excluding hydrogens is 408 g/mol. The van der Waals surface area contributed by atoms with Crippen LogP contribution < -0.4 is 14.2 Å². The zero-order chi connectivity index (χ0) is 22.3. The maximum atomic E-state index is 11.1. The van der Waals surface area contributed by atoms with Gasteiger partial charge in [-0.15, -0.1) is 0 Å². The predicted molar refractivity (Wildman–Crippen MR) is 120 cm³/mol. The van der Waals surface area contributed by atoms with Crippen molar-refractivity contribution in [1.82, 2.24) is 0 Å². The van der Waals surface area contributed by atoms with Crippen LogP contribution in [0.15, 0.2) is 78.9 Å². The van der Waals surface area contributed by atoms with Gasteiger partial charge in [0.1, 0.15) is 23.9 Å². The fourth-order valence-corrected chi connectivity index (χ4v) is 3.58. The number of ether oxygens (including phenoxy) is 4. The summed E-state index contributed by atoms with van der Waals surface area (Å²) >= 11 is 0. The molecule has 164 valence electrons. The van der Waals surface area contributed by atoms with Gasteiger partial charge in [0.25, 0.3) is 0 Å². The lowest BCUT2D eigenvalue weighted by atomic mass is 9.95. The predicted octanol–water partition coefficient (Wildman–Crippen LogP) is 4.57. The van der Waals surface area contributed by atoms with Crippen LogP contribution >= 0.6 is 0 Å². The molecule has 1 unspecified atom stereocenters. The van der Waals surface area contributed by atoms with Crippen molar-refractivity contribution < 1.29 is 28.8 Å². The molecule has 0 amide bonds. The first-order valence-corrected chi connectivity index (χ1v) is 10.3. The van der Waals surface area contributed by atoms with E-state index in [0.29, 0.717) is 18.8 Å². The van der Waals surface area contributed by atoms with Crippen LogP contribution in [0.2, 0.25) is 0 Å². The Labute approximate surface area is 186 Å². The normalized spacial score (nSPS) is 13.3. The van der Waals surface area contributed by atoms with Gasteiger partial charge in [-0.25, -0.2) is 4.79 Å². The Balaban J connectivity index is 1.53. The van der Waals surface area contributed by atoms with Crippen molar-refractivity contribution in [3.63, 3.8) is 0 Å². The Morgan fingerprint density at radius 2 is 1.56 bits per heavy atom. The summed E-state index contributed by atoms with van der Waals surface area (Å²) in [4.78, 5) is 11.1. The number of hydrogen-bond donors (Lipinski definition) is 1. The molecule has 0 bridgehead atoms. The minimum absolute atomic E-state index is 0.149. The van der Waals surface area contributed by atoms with Gasteiger partial charge in [0.05, 0.1) is 0 Å². The molecular formula is C26H24O6. The fraction of sp³-hybridized carbons (Fsp3) is 0.192. The van der Waals surface area contributed by atoms with Gasteiger partial charge in [-0.2, -0.15) is 0 Å². The largest absolute Gasteiger partial charge is 0.490 e. The van der Waals surface area contributed by atoms with E-state index in [1.54, 1.807) is 0 Å². The highest BCUT2D eigenvalue weighted by Crippen LogP contribution is 2.37. The van der Waals surface area contributed by atoms with E-state index in [1.165, 1.54) is 7.11 Å². The molecule has 4 rings (SSSR count). The van der Waals surface area contributed by atoms with Crippen LogP contribution in [0.4, 0.5) is 0 Å². The third-order valence-corrected chi connectivity index (χ3v) is 5.23. The lowest BCUT2D eigenvalue weighted by Crippen LogP contribution is -2.24. The summed E-state index contributed by atoms with van der Waals surface area (Å²) in [5.74, 6) is 1.22. The molecule has 0 saturated carbocycles. The van der Waals surface area contributed by atoms with Crippen molar-refractivity contribution in [2.24, 2.45) is 0 Å². The van der Waals surface area contributed by atoms with Gasteiger partial charge < -0.3 is 24.1 Å². The average Bonchev–Trinajstić information content (AvgIpc) is 2.81. The lowest BCUT2D eigenvalue weighted by molar-refractivity contribution is -0.148. The molecule has 1 aliphatic rings. The number of rotatable bonds is 7. The number of carboxylic acid groups (broad SMARTS) is 1. The Hall–Kier alpha value is -3.77. The molecule has 1 N–H and O–H groups in total. The van der Waals surface area contributed by atoms with Crippen LogP contribution in [0.1, 0.15) is 16.7 Å². The second kappa shape index (κ2) is 10.0. The Bertz CT molecular complexity index is 1050. The SMILES string of the molecule is COC(Cc1ccc(OCC=C2c3ccccc3OCOc3ccccc32)cc1)C(=O)O. The van der Waals surface area contributed by atoms with Crippen LogP contribution in [-0.2, 0) is 16.0 Å². The highest BCUT2D eigenvalue weighted by molar-refractivity contribution is 5.85. The molecule has 1 atom stereocenters. The molecule has 0 radical (unpaired) electrons. The summed E-state index contributed by atoms with van der Waals surface area (Å²) in [6.45, 7) is 0.489. The molecule has 3 aromatic carbocycles. The van der Waals surface area contributed by atoms with E-state index in [2.05, 4.69) is 0 Å². The van der Waals surface area contributed by atoms with E-state index in [1.807, 2.05) is 78.9 Å². The van der Waals surface area contributed by atoms with E-state index in [0.717, 1.165) is 33.8 Å². The standard InChI is InChI=1S/C26H24O6/c1-29-25(26(27)28)16-18-10-12-19(13-11-18)30-15-14-20-21-6-2-4-8-23(21)31-17-32-24-9-5-3-7-22(20)24/h2-14,25H,15-17H2,1H3,(H,27,28). The minimum atomic E-state index is -0.979. The summed E-state index contributed by atoms with van der Waals surface area (Å²) in [5.41, 5.74) is 3.78. The van der Waals surface area contributed by atoms with Crippen molar-refractivity contribution in [1.29, 1.82) is 0 Å². The number of para-hydroxylation sites is 2. The third kappa shape index (κ3) is 4.92. The van der Waals surface area contributed by atoms with E-state index in [9.17, 15) is 4.79 Å². The lowest BCUT2D eigenvalue weighted by Gasteiger charge is -2.21. The smallest absolute Gasteiger partial charge is 0.333 e. The maximum Gasteiger partial charge on any atom is 0.333 e. The number of carboxylic acids is 1. The molecule has 6 nitrogen and oxygen atoms in total. The Morgan fingerprint density at radius 3 is 2.12 bits per heavy atom. The minimum Gasteiger partial charge on any atom is -0.490 e. The number of hydrogen-bond acceptors (Lipinski definition) is 5. The molecule has 0 aliphatic carbocycles. The summed E-state index contributed by atoms with van der Waals surface area (Å²) in [6, 6.07) is 23.0. The van der Waals surface area contributed by atoms with Crippen LogP contribution in [0.5, 0.6) is 17.2 Å². The van der Waals surface area contributed by atoms with E-state index < -0.39 is 12.1 Å². The van der Waals surface area contributed by atoms with Gasteiger partial charge in [0.15, 0.2) is 6.10 Å². The molecule has 0 aromatic heterocycles. The molecule has 0 fully saturated rings. The Morgan fingerprint density at radius 1 is 0.969 bits per heavy atom. The first-order chi connectivity index (χ1) is 15.7. The molecule has 1 heterocycles. The number of methoxy groups -OCH3 is 1. The summed E-state index contributed by atoms with van der Waals surface area (Å²) in [6.07, 6.45) is 1.44. The fourth-order valence-electron chi connectivity index (χ4n) is 3.58. The first-order valence-electron chi connectivity index (χ1n) is 10.3. The van der Waals surface area contributed by atoms with Gasteiger partial charge in [0.2, 0.25) is 6.79 Å².